The highest BCUT2D eigenvalue weighted by atomic mass is 15.1. The van der Waals surface area contributed by atoms with Crippen LogP contribution in [0.2, 0.25) is 0 Å². The fraction of sp³-hybridized carbons (Fsp3) is 0.905. The molecule has 0 aromatic heterocycles. The van der Waals surface area contributed by atoms with E-state index in [1.165, 1.54) is 116 Å². The highest BCUT2D eigenvalue weighted by Crippen LogP contribution is 2.22. The molecule has 1 aliphatic heterocycles. The number of rotatable bonds is 1. The summed E-state index contributed by atoms with van der Waals surface area (Å²) in [6.07, 6.45) is 27.8. The van der Waals surface area contributed by atoms with Gasteiger partial charge in [0.05, 0.1) is 0 Å². The Morgan fingerprint density at radius 1 is 0.500 bits per heavy atom. The second-order valence-corrected chi connectivity index (χ2v) is 7.56. The molecule has 0 saturated heterocycles. The first kappa shape index (κ1) is 18.0. The quantitative estimate of drug-likeness (QED) is 0.501. The van der Waals surface area contributed by atoms with Gasteiger partial charge in [0.15, 0.2) is 0 Å². The summed E-state index contributed by atoms with van der Waals surface area (Å²) in [4.78, 5) is 2.89. The van der Waals surface area contributed by atoms with Crippen LogP contribution in [0.25, 0.3) is 0 Å². The standard InChI is InChI=1S/C21H39N/c1-2-6-10-14-18-21(17-13-9-5-1)22-19-15-11-7-3-4-8-12-16-20-22/h3,7,21H,1-2,4-6,8-20H2. The van der Waals surface area contributed by atoms with E-state index in [0.29, 0.717) is 0 Å². The minimum absolute atomic E-state index is 0.892. The Kier molecular flexibility index (Phi) is 9.98. The van der Waals surface area contributed by atoms with Crippen LogP contribution in [-0.4, -0.2) is 24.0 Å². The number of allylic oxidation sites excluding steroid dienone is 2. The van der Waals surface area contributed by atoms with Crippen molar-refractivity contribution in [2.24, 2.45) is 0 Å². The third-order valence-corrected chi connectivity index (χ3v) is 5.64. The number of hydrogen-bond acceptors (Lipinski definition) is 1. The Morgan fingerprint density at radius 2 is 1.00 bits per heavy atom. The van der Waals surface area contributed by atoms with Crippen molar-refractivity contribution >= 4 is 0 Å². The van der Waals surface area contributed by atoms with E-state index in [-0.39, 0.29) is 0 Å². The lowest BCUT2D eigenvalue weighted by atomic mass is 10.00. The third-order valence-electron chi connectivity index (χ3n) is 5.64. The van der Waals surface area contributed by atoms with Crippen LogP contribution in [0, 0.1) is 0 Å². The van der Waals surface area contributed by atoms with Gasteiger partial charge in [-0.15, -0.1) is 0 Å². The topological polar surface area (TPSA) is 3.24 Å². The van der Waals surface area contributed by atoms with Crippen LogP contribution in [0.3, 0.4) is 0 Å². The zero-order chi connectivity index (χ0) is 15.3. The van der Waals surface area contributed by atoms with Gasteiger partial charge in [-0.2, -0.15) is 0 Å². The average Bonchev–Trinajstić information content (AvgIpc) is 2.64. The van der Waals surface area contributed by atoms with Crippen LogP contribution in [0.1, 0.15) is 103 Å². The minimum atomic E-state index is 0.892. The molecular formula is C21H39N. The molecule has 0 aromatic rings. The van der Waals surface area contributed by atoms with E-state index in [0.717, 1.165) is 6.04 Å². The van der Waals surface area contributed by atoms with Gasteiger partial charge in [-0.05, 0) is 58.0 Å². The zero-order valence-electron chi connectivity index (χ0n) is 14.9. The molecular weight excluding hydrogens is 266 g/mol. The van der Waals surface area contributed by atoms with Crippen molar-refractivity contribution in [3.63, 3.8) is 0 Å². The Bertz CT molecular complexity index is 272. The maximum Gasteiger partial charge on any atom is 0.00952 e. The van der Waals surface area contributed by atoms with Crippen molar-refractivity contribution in [1.82, 2.24) is 4.90 Å². The van der Waals surface area contributed by atoms with E-state index in [1.54, 1.807) is 0 Å². The van der Waals surface area contributed by atoms with E-state index in [4.69, 9.17) is 0 Å². The second kappa shape index (κ2) is 12.2. The molecule has 1 nitrogen and oxygen atoms in total. The molecule has 1 heterocycles. The summed E-state index contributed by atoms with van der Waals surface area (Å²) in [6.45, 7) is 2.71. The van der Waals surface area contributed by atoms with Crippen molar-refractivity contribution < 1.29 is 0 Å². The van der Waals surface area contributed by atoms with E-state index in [2.05, 4.69) is 17.1 Å². The molecule has 22 heavy (non-hydrogen) atoms. The van der Waals surface area contributed by atoms with Crippen LogP contribution >= 0.6 is 0 Å². The highest BCUT2D eigenvalue weighted by Gasteiger charge is 2.18. The number of nitrogens with zero attached hydrogens (tertiary/aromatic N) is 1. The minimum Gasteiger partial charge on any atom is -0.300 e. The molecule has 0 unspecified atom stereocenters. The van der Waals surface area contributed by atoms with Crippen LogP contribution < -0.4 is 0 Å². The van der Waals surface area contributed by atoms with Crippen molar-refractivity contribution in [2.45, 2.75) is 109 Å². The van der Waals surface area contributed by atoms with Gasteiger partial charge >= 0.3 is 0 Å². The Hall–Kier alpha value is -0.300. The van der Waals surface area contributed by atoms with E-state index in [1.807, 2.05) is 0 Å². The van der Waals surface area contributed by atoms with Crippen LogP contribution in [0.4, 0.5) is 0 Å². The van der Waals surface area contributed by atoms with E-state index >= 15 is 0 Å². The predicted molar refractivity (Wildman–Crippen MR) is 98.4 cm³/mol. The lowest BCUT2D eigenvalue weighted by Crippen LogP contribution is -2.37. The van der Waals surface area contributed by atoms with Crippen molar-refractivity contribution in [3.05, 3.63) is 12.2 Å². The molecule has 0 spiro atoms. The first-order valence-electron chi connectivity index (χ1n) is 10.4. The van der Waals surface area contributed by atoms with Gasteiger partial charge in [-0.1, -0.05) is 69.9 Å². The van der Waals surface area contributed by atoms with Crippen LogP contribution in [0.15, 0.2) is 12.2 Å². The summed E-state index contributed by atoms with van der Waals surface area (Å²) in [7, 11) is 0. The van der Waals surface area contributed by atoms with Gasteiger partial charge in [0.2, 0.25) is 0 Å². The molecule has 0 bridgehead atoms. The maximum absolute atomic E-state index is 2.89. The van der Waals surface area contributed by atoms with Crippen molar-refractivity contribution in [3.8, 4) is 0 Å². The predicted octanol–water partition coefficient (Wildman–Crippen LogP) is 6.48. The molecule has 128 valence electrons. The Morgan fingerprint density at radius 3 is 1.68 bits per heavy atom. The molecule has 2 rings (SSSR count). The SMILES string of the molecule is C1=CCCCN(C2CCCCCCCCCC2)CCCCC1. The molecule has 0 amide bonds. The molecule has 0 N–H and O–H groups in total. The summed E-state index contributed by atoms with van der Waals surface area (Å²) in [5, 5.41) is 0. The molecule has 0 atom stereocenters. The van der Waals surface area contributed by atoms with Crippen molar-refractivity contribution in [1.29, 1.82) is 0 Å². The molecule has 0 radical (unpaired) electrons. The van der Waals surface area contributed by atoms with Gasteiger partial charge in [-0.3, -0.25) is 0 Å². The van der Waals surface area contributed by atoms with Gasteiger partial charge in [0.25, 0.3) is 0 Å². The number of hydrogen-bond donors (Lipinski definition) is 0. The molecule has 1 heteroatoms. The molecule has 1 fully saturated rings. The fourth-order valence-corrected chi connectivity index (χ4v) is 4.21. The summed E-state index contributed by atoms with van der Waals surface area (Å²) in [5.74, 6) is 0. The molecule has 0 aromatic carbocycles. The van der Waals surface area contributed by atoms with Crippen LogP contribution in [0.5, 0.6) is 0 Å². The summed E-state index contributed by atoms with van der Waals surface area (Å²) in [6, 6.07) is 0.892. The van der Waals surface area contributed by atoms with Gasteiger partial charge < -0.3 is 4.90 Å². The molecule has 1 aliphatic carbocycles. The average molecular weight is 306 g/mol. The monoisotopic (exact) mass is 305 g/mol. The Labute approximate surface area is 139 Å². The lowest BCUT2D eigenvalue weighted by molar-refractivity contribution is 0.166. The lowest BCUT2D eigenvalue weighted by Gasteiger charge is -2.32. The highest BCUT2D eigenvalue weighted by molar-refractivity contribution is 4.83. The van der Waals surface area contributed by atoms with Gasteiger partial charge in [0.1, 0.15) is 0 Å². The summed E-state index contributed by atoms with van der Waals surface area (Å²) in [5.41, 5.74) is 0. The maximum atomic E-state index is 2.89. The first-order chi connectivity index (χ1) is 11.0. The molecule has 2 aliphatic rings. The van der Waals surface area contributed by atoms with E-state index < -0.39 is 0 Å². The third kappa shape index (κ3) is 7.81. The summed E-state index contributed by atoms with van der Waals surface area (Å²) < 4.78 is 0. The van der Waals surface area contributed by atoms with Gasteiger partial charge in [0, 0.05) is 6.04 Å². The molecule has 1 saturated carbocycles. The first-order valence-corrected chi connectivity index (χ1v) is 10.4. The zero-order valence-corrected chi connectivity index (χ0v) is 14.9. The van der Waals surface area contributed by atoms with E-state index in [9.17, 15) is 0 Å². The summed E-state index contributed by atoms with van der Waals surface area (Å²) >= 11 is 0. The smallest absolute Gasteiger partial charge is 0.00952 e. The van der Waals surface area contributed by atoms with Crippen LogP contribution in [-0.2, 0) is 0 Å². The normalized spacial score (nSPS) is 26.0. The second-order valence-electron chi connectivity index (χ2n) is 7.56. The Balaban J connectivity index is 1.85. The van der Waals surface area contributed by atoms with Gasteiger partial charge in [-0.25, -0.2) is 0 Å². The largest absolute Gasteiger partial charge is 0.300 e. The fourth-order valence-electron chi connectivity index (χ4n) is 4.21. The van der Waals surface area contributed by atoms with Crippen molar-refractivity contribution in [2.75, 3.05) is 13.1 Å².